The average Bonchev–Trinajstić information content (AvgIpc) is 2.75. The summed E-state index contributed by atoms with van der Waals surface area (Å²) in [5, 5.41) is 0. The van der Waals surface area contributed by atoms with Gasteiger partial charge in [0.2, 0.25) is 0 Å². The van der Waals surface area contributed by atoms with Gasteiger partial charge >= 0.3 is 0 Å². The third kappa shape index (κ3) is 2.88. The van der Waals surface area contributed by atoms with Crippen molar-refractivity contribution < 1.29 is 9.53 Å². The maximum Gasteiger partial charge on any atom is 0.254 e. The molecule has 2 bridgehead atoms. The summed E-state index contributed by atoms with van der Waals surface area (Å²) in [6.07, 6.45) is 2.52. The zero-order valence-electron chi connectivity index (χ0n) is 12.9. The number of pyridine rings is 1. The van der Waals surface area contributed by atoms with Crippen molar-refractivity contribution in [2.24, 2.45) is 0 Å². The molecule has 5 heteroatoms. The van der Waals surface area contributed by atoms with E-state index in [0.29, 0.717) is 24.5 Å². The van der Waals surface area contributed by atoms with Gasteiger partial charge in [0.1, 0.15) is 5.82 Å². The molecule has 2 fully saturated rings. The number of carbonyl (C=O) groups is 1. The normalized spacial score (nSPS) is 25.2. The van der Waals surface area contributed by atoms with Gasteiger partial charge in [-0.25, -0.2) is 4.98 Å². The lowest BCUT2D eigenvalue weighted by molar-refractivity contribution is -0.0303. The van der Waals surface area contributed by atoms with Gasteiger partial charge in [-0.15, -0.1) is 0 Å². The standard InChI is InChI=1S/C16H23N3O2/c1-16(2,3)13-6-10(7-14(17)18-13)15(20)19-8-11-4-5-12(9-19)21-11/h6-7,11-12H,4-5,8-9H2,1-3H3,(H2,17,18). The van der Waals surface area contributed by atoms with Crippen LogP contribution in [-0.2, 0) is 10.2 Å². The minimum atomic E-state index is -0.131. The molecule has 1 aromatic heterocycles. The smallest absolute Gasteiger partial charge is 0.254 e. The van der Waals surface area contributed by atoms with Gasteiger partial charge in [-0.2, -0.15) is 0 Å². The number of likely N-dealkylation sites (tertiary alicyclic amines) is 1. The number of rotatable bonds is 1. The summed E-state index contributed by atoms with van der Waals surface area (Å²) in [7, 11) is 0. The zero-order valence-corrected chi connectivity index (χ0v) is 12.9. The van der Waals surface area contributed by atoms with Gasteiger partial charge in [0.05, 0.1) is 12.2 Å². The molecule has 0 aliphatic carbocycles. The van der Waals surface area contributed by atoms with Gasteiger partial charge in [0.15, 0.2) is 0 Å². The number of hydrogen-bond acceptors (Lipinski definition) is 4. The minimum Gasteiger partial charge on any atom is -0.384 e. The van der Waals surface area contributed by atoms with Crippen molar-refractivity contribution in [2.75, 3.05) is 18.8 Å². The van der Waals surface area contributed by atoms with E-state index < -0.39 is 0 Å². The minimum absolute atomic E-state index is 0.0369. The number of hydrogen-bond donors (Lipinski definition) is 1. The second kappa shape index (κ2) is 4.98. The van der Waals surface area contributed by atoms with Gasteiger partial charge in [0, 0.05) is 29.8 Å². The number of aromatic nitrogens is 1. The van der Waals surface area contributed by atoms with Crippen LogP contribution >= 0.6 is 0 Å². The van der Waals surface area contributed by atoms with E-state index >= 15 is 0 Å². The maximum absolute atomic E-state index is 12.7. The number of carbonyl (C=O) groups excluding carboxylic acids is 1. The Balaban J connectivity index is 1.86. The van der Waals surface area contributed by atoms with Crippen molar-refractivity contribution in [1.82, 2.24) is 9.88 Å². The topological polar surface area (TPSA) is 68.5 Å². The molecule has 2 atom stereocenters. The molecule has 0 radical (unpaired) electrons. The molecule has 1 amide bonds. The van der Waals surface area contributed by atoms with Gasteiger partial charge in [-0.05, 0) is 25.0 Å². The van der Waals surface area contributed by atoms with Crippen LogP contribution in [0.25, 0.3) is 0 Å². The molecular weight excluding hydrogens is 266 g/mol. The Labute approximate surface area is 125 Å². The Morgan fingerprint density at radius 2 is 1.90 bits per heavy atom. The van der Waals surface area contributed by atoms with Gasteiger partial charge in [-0.3, -0.25) is 4.79 Å². The number of nitrogen functional groups attached to an aromatic ring is 1. The Hall–Kier alpha value is -1.62. The number of ether oxygens (including phenoxy) is 1. The first-order valence-electron chi connectivity index (χ1n) is 7.56. The van der Waals surface area contributed by atoms with Crippen LogP contribution in [0.1, 0.15) is 49.7 Å². The number of amides is 1. The Morgan fingerprint density at radius 1 is 1.29 bits per heavy atom. The van der Waals surface area contributed by atoms with Gasteiger partial charge < -0.3 is 15.4 Å². The quantitative estimate of drug-likeness (QED) is 0.858. The van der Waals surface area contributed by atoms with Gasteiger partial charge in [-0.1, -0.05) is 20.8 Å². The zero-order chi connectivity index (χ0) is 15.2. The summed E-state index contributed by atoms with van der Waals surface area (Å²) in [5.74, 6) is 0.441. The molecule has 2 saturated heterocycles. The lowest BCUT2D eigenvalue weighted by Crippen LogP contribution is -2.45. The first kappa shape index (κ1) is 14.3. The second-order valence-corrected chi connectivity index (χ2v) is 7.08. The monoisotopic (exact) mass is 289 g/mol. The highest BCUT2D eigenvalue weighted by Crippen LogP contribution is 2.28. The lowest BCUT2D eigenvalue weighted by atomic mass is 9.90. The Morgan fingerprint density at radius 3 is 2.48 bits per heavy atom. The predicted octanol–water partition coefficient (Wildman–Crippen LogP) is 1.96. The molecular formula is C16H23N3O2. The van der Waals surface area contributed by atoms with Crippen LogP contribution in [-0.4, -0.2) is 41.1 Å². The second-order valence-electron chi connectivity index (χ2n) is 7.08. The number of fused-ring (bicyclic) bond motifs is 2. The summed E-state index contributed by atoms with van der Waals surface area (Å²) < 4.78 is 5.78. The molecule has 1 aromatic rings. The summed E-state index contributed by atoms with van der Waals surface area (Å²) >= 11 is 0. The molecule has 0 spiro atoms. The molecule has 2 N–H and O–H groups in total. The van der Waals surface area contributed by atoms with Crippen LogP contribution in [0.4, 0.5) is 5.82 Å². The number of morpholine rings is 1. The summed E-state index contributed by atoms with van der Waals surface area (Å²) in [6, 6.07) is 3.55. The molecule has 2 unspecified atom stereocenters. The highest BCUT2D eigenvalue weighted by Gasteiger charge is 2.36. The van der Waals surface area contributed by atoms with Crippen LogP contribution < -0.4 is 5.73 Å². The first-order chi connectivity index (χ1) is 9.83. The molecule has 3 rings (SSSR count). The largest absolute Gasteiger partial charge is 0.384 e. The number of nitrogens with two attached hydrogens (primary N) is 1. The fourth-order valence-electron chi connectivity index (χ4n) is 3.02. The fourth-order valence-corrected chi connectivity index (χ4v) is 3.02. The van der Waals surface area contributed by atoms with Crippen LogP contribution in [0, 0.1) is 0 Å². The molecule has 114 valence electrons. The molecule has 5 nitrogen and oxygen atoms in total. The molecule has 2 aliphatic rings. The lowest BCUT2D eigenvalue weighted by Gasteiger charge is -2.32. The molecule has 0 saturated carbocycles. The fraction of sp³-hybridized carbons (Fsp3) is 0.625. The van der Waals surface area contributed by atoms with E-state index in [1.54, 1.807) is 6.07 Å². The van der Waals surface area contributed by atoms with Crippen molar-refractivity contribution in [3.8, 4) is 0 Å². The van der Waals surface area contributed by atoms with E-state index in [2.05, 4.69) is 25.8 Å². The molecule has 0 aromatic carbocycles. The van der Waals surface area contributed by atoms with E-state index in [9.17, 15) is 4.79 Å². The highest BCUT2D eigenvalue weighted by molar-refractivity contribution is 5.95. The van der Waals surface area contributed by atoms with Gasteiger partial charge in [0.25, 0.3) is 5.91 Å². The molecule has 3 heterocycles. The first-order valence-corrected chi connectivity index (χ1v) is 7.56. The summed E-state index contributed by atoms with van der Waals surface area (Å²) in [5.41, 5.74) is 7.24. The van der Waals surface area contributed by atoms with E-state index in [1.807, 2.05) is 11.0 Å². The van der Waals surface area contributed by atoms with E-state index in [-0.39, 0.29) is 23.5 Å². The third-order valence-electron chi connectivity index (χ3n) is 4.19. The van der Waals surface area contributed by atoms with Crippen LogP contribution in [0.15, 0.2) is 12.1 Å². The average molecular weight is 289 g/mol. The van der Waals surface area contributed by atoms with Crippen molar-refractivity contribution in [3.63, 3.8) is 0 Å². The van der Waals surface area contributed by atoms with Crippen molar-refractivity contribution >= 4 is 11.7 Å². The molecule has 21 heavy (non-hydrogen) atoms. The maximum atomic E-state index is 12.7. The van der Waals surface area contributed by atoms with E-state index in [0.717, 1.165) is 18.5 Å². The van der Waals surface area contributed by atoms with E-state index in [4.69, 9.17) is 10.5 Å². The summed E-state index contributed by atoms with van der Waals surface area (Å²) in [4.78, 5) is 19.0. The highest BCUT2D eigenvalue weighted by atomic mass is 16.5. The Bertz CT molecular complexity index is 553. The van der Waals surface area contributed by atoms with E-state index in [1.165, 1.54) is 0 Å². The third-order valence-corrected chi connectivity index (χ3v) is 4.19. The number of nitrogens with zero attached hydrogens (tertiary/aromatic N) is 2. The summed E-state index contributed by atoms with van der Waals surface area (Å²) in [6.45, 7) is 7.57. The number of anilines is 1. The molecule has 2 aliphatic heterocycles. The van der Waals surface area contributed by atoms with Crippen LogP contribution in [0.3, 0.4) is 0 Å². The predicted molar refractivity (Wildman–Crippen MR) is 81.1 cm³/mol. The Kier molecular flexibility index (Phi) is 3.40. The SMILES string of the molecule is CC(C)(C)c1cc(C(=O)N2CC3CCC(C2)O3)cc(N)n1. The van der Waals surface area contributed by atoms with Crippen molar-refractivity contribution in [3.05, 3.63) is 23.4 Å². The van der Waals surface area contributed by atoms with Crippen LogP contribution in [0.5, 0.6) is 0 Å². The van der Waals surface area contributed by atoms with Crippen molar-refractivity contribution in [2.45, 2.75) is 51.2 Å². The van der Waals surface area contributed by atoms with Crippen molar-refractivity contribution in [1.29, 1.82) is 0 Å². The van der Waals surface area contributed by atoms with Crippen LogP contribution in [0.2, 0.25) is 0 Å².